The number of para-hydroxylation sites is 2. The van der Waals surface area contributed by atoms with Crippen LogP contribution in [-0.4, -0.2) is 68.1 Å². The molecule has 0 saturated carbocycles. The Balaban J connectivity index is 1.17. The highest BCUT2D eigenvalue weighted by Gasteiger charge is 2.46. The van der Waals surface area contributed by atoms with E-state index in [2.05, 4.69) is 71.0 Å². The third-order valence-electron chi connectivity index (χ3n) is 10.3. The molecule has 40 heavy (non-hydrogen) atoms. The molecule has 0 aliphatic carbocycles. The molecule has 4 heterocycles. The lowest BCUT2D eigenvalue weighted by Crippen LogP contribution is -2.52. The van der Waals surface area contributed by atoms with Gasteiger partial charge < -0.3 is 14.6 Å². The number of aromatic nitrogens is 2. The number of carbonyl (C=O) groups is 2. The number of aryl methyl sites for hydroxylation is 1. The minimum atomic E-state index is -1.39. The molecular formula is C33H42N4O3. The third-order valence-corrected chi connectivity index (χ3v) is 10.3. The van der Waals surface area contributed by atoms with Crippen LogP contribution in [0.2, 0.25) is 0 Å². The average Bonchev–Trinajstić information content (AvgIpc) is 3.42. The number of piperidine rings is 2. The lowest BCUT2D eigenvalue weighted by Gasteiger charge is -2.46. The zero-order valence-electron chi connectivity index (χ0n) is 24.1. The Hall–Kier alpha value is -3.19. The van der Waals surface area contributed by atoms with Gasteiger partial charge in [-0.3, -0.25) is 14.5 Å². The van der Waals surface area contributed by atoms with Crippen molar-refractivity contribution in [3.05, 3.63) is 66.0 Å². The Morgan fingerprint density at radius 3 is 2.23 bits per heavy atom. The highest BCUT2D eigenvalue weighted by atomic mass is 16.4. The molecular weight excluding hydrogens is 500 g/mol. The molecule has 1 amide bonds. The summed E-state index contributed by atoms with van der Waals surface area (Å²) in [5.41, 5.74) is 2.31. The Morgan fingerprint density at radius 2 is 1.57 bits per heavy atom. The van der Waals surface area contributed by atoms with Crippen molar-refractivity contribution in [3.63, 3.8) is 0 Å². The highest BCUT2D eigenvalue weighted by molar-refractivity contribution is 6.01. The molecule has 1 aromatic heterocycles. The number of benzene rings is 2. The van der Waals surface area contributed by atoms with E-state index in [1.165, 1.54) is 50.6 Å². The number of hydrogen-bond donors (Lipinski definition) is 1. The molecule has 3 fully saturated rings. The monoisotopic (exact) mass is 542 g/mol. The van der Waals surface area contributed by atoms with Gasteiger partial charge in [0.25, 0.3) is 0 Å². The number of amides is 1. The van der Waals surface area contributed by atoms with E-state index in [0.29, 0.717) is 31.2 Å². The van der Waals surface area contributed by atoms with Crippen LogP contribution in [0.25, 0.3) is 11.0 Å². The summed E-state index contributed by atoms with van der Waals surface area (Å²) in [5.74, 6) is -0.214. The fourth-order valence-electron chi connectivity index (χ4n) is 7.89. The number of imidazole rings is 1. The maximum absolute atomic E-state index is 13.1. The van der Waals surface area contributed by atoms with Gasteiger partial charge in [-0.1, -0.05) is 42.5 Å². The standard InChI is InChI=1S/C33H42N4O3/c1-23-34-28-11-7-8-12-29(28)37(23)27-21-25-13-14-26(22-27)36(25)20-17-33(24-9-5-4-6-10-24)15-18-35(19-16-33)30(38)32(2,3)31(39)40/h4-12,25-27H,13-22H2,1-3H3,(H,39,40)/t25-,26+,27?. The van der Waals surface area contributed by atoms with Crippen molar-refractivity contribution in [3.8, 4) is 0 Å². The van der Waals surface area contributed by atoms with Crippen molar-refractivity contribution in [2.24, 2.45) is 5.41 Å². The molecule has 2 aromatic carbocycles. The largest absolute Gasteiger partial charge is 0.480 e. The SMILES string of the molecule is Cc1nc2ccccc2n1C1C[C@H]2CC[C@@H](C1)N2CCC1(c2ccccc2)CCN(C(=O)C(C)(C)C(=O)O)CC1. The number of rotatable bonds is 7. The zero-order valence-corrected chi connectivity index (χ0v) is 24.1. The maximum Gasteiger partial charge on any atom is 0.318 e. The molecule has 0 radical (unpaired) electrons. The normalized spacial score (nSPS) is 24.9. The summed E-state index contributed by atoms with van der Waals surface area (Å²) in [5, 5.41) is 9.60. The van der Waals surface area contributed by atoms with Crippen LogP contribution in [0.3, 0.4) is 0 Å². The second kappa shape index (κ2) is 10.3. The predicted octanol–water partition coefficient (Wildman–Crippen LogP) is 5.57. The fourth-order valence-corrected chi connectivity index (χ4v) is 7.89. The number of fused-ring (bicyclic) bond motifs is 3. The van der Waals surface area contributed by atoms with Crippen LogP contribution < -0.4 is 0 Å². The van der Waals surface area contributed by atoms with Crippen LogP contribution in [0.4, 0.5) is 0 Å². The molecule has 3 saturated heterocycles. The first-order chi connectivity index (χ1) is 19.2. The Labute approximate surface area is 237 Å². The number of likely N-dealkylation sites (tertiary alicyclic amines) is 1. The van der Waals surface area contributed by atoms with Gasteiger partial charge in [0.15, 0.2) is 0 Å². The van der Waals surface area contributed by atoms with Crippen molar-refractivity contribution < 1.29 is 14.7 Å². The van der Waals surface area contributed by atoms with Gasteiger partial charge >= 0.3 is 5.97 Å². The highest BCUT2D eigenvalue weighted by Crippen LogP contribution is 2.45. The van der Waals surface area contributed by atoms with E-state index in [1.54, 1.807) is 4.90 Å². The lowest BCUT2D eigenvalue weighted by atomic mass is 9.70. The van der Waals surface area contributed by atoms with Crippen molar-refractivity contribution in [1.82, 2.24) is 19.4 Å². The van der Waals surface area contributed by atoms with Gasteiger partial charge in [0.1, 0.15) is 11.2 Å². The quantitative estimate of drug-likeness (QED) is 0.395. The lowest BCUT2D eigenvalue weighted by molar-refractivity contribution is -0.159. The summed E-state index contributed by atoms with van der Waals surface area (Å²) in [4.78, 5) is 34.2. The van der Waals surface area contributed by atoms with E-state index in [0.717, 1.165) is 37.1 Å². The topological polar surface area (TPSA) is 78.7 Å². The van der Waals surface area contributed by atoms with Crippen molar-refractivity contribution in [2.45, 2.75) is 89.3 Å². The van der Waals surface area contributed by atoms with E-state index in [4.69, 9.17) is 4.98 Å². The van der Waals surface area contributed by atoms with Crippen LogP contribution in [0, 0.1) is 12.3 Å². The minimum absolute atomic E-state index is 0.00116. The molecule has 3 aromatic rings. The summed E-state index contributed by atoms with van der Waals surface area (Å²) in [7, 11) is 0. The van der Waals surface area contributed by atoms with E-state index >= 15 is 0 Å². The number of carbonyl (C=O) groups excluding carboxylic acids is 1. The van der Waals surface area contributed by atoms with Gasteiger partial charge in [-0.25, -0.2) is 4.98 Å². The van der Waals surface area contributed by atoms with E-state index in [1.807, 2.05) is 0 Å². The van der Waals surface area contributed by atoms with E-state index in [9.17, 15) is 14.7 Å². The second-order valence-corrected chi connectivity index (χ2v) is 12.9. The first kappa shape index (κ1) is 27.0. The molecule has 3 aliphatic heterocycles. The smallest absolute Gasteiger partial charge is 0.318 e. The van der Waals surface area contributed by atoms with Gasteiger partial charge in [-0.05, 0) is 95.4 Å². The van der Waals surface area contributed by atoms with Crippen LogP contribution in [0.1, 0.15) is 76.2 Å². The van der Waals surface area contributed by atoms with Crippen molar-refractivity contribution in [1.29, 1.82) is 0 Å². The van der Waals surface area contributed by atoms with Gasteiger partial charge in [0.2, 0.25) is 5.91 Å². The van der Waals surface area contributed by atoms with E-state index in [-0.39, 0.29) is 11.3 Å². The molecule has 1 N–H and O–H groups in total. The zero-order chi connectivity index (χ0) is 28.1. The van der Waals surface area contributed by atoms with Crippen LogP contribution >= 0.6 is 0 Å². The van der Waals surface area contributed by atoms with Crippen molar-refractivity contribution in [2.75, 3.05) is 19.6 Å². The van der Waals surface area contributed by atoms with Crippen LogP contribution in [0.5, 0.6) is 0 Å². The number of carboxylic acid groups (broad SMARTS) is 1. The Kier molecular flexibility index (Phi) is 6.97. The fraction of sp³-hybridized carbons (Fsp3) is 0.545. The molecule has 1 unspecified atom stereocenters. The Morgan fingerprint density at radius 1 is 0.950 bits per heavy atom. The van der Waals surface area contributed by atoms with Crippen molar-refractivity contribution >= 4 is 22.9 Å². The van der Waals surface area contributed by atoms with Gasteiger partial charge in [0.05, 0.1) is 11.0 Å². The second-order valence-electron chi connectivity index (χ2n) is 12.9. The summed E-state index contributed by atoms with van der Waals surface area (Å²) >= 11 is 0. The minimum Gasteiger partial charge on any atom is -0.480 e. The van der Waals surface area contributed by atoms with Crippen LogP contribution in [-0.2, 0) is 15.0 Å². The Bertz CT molecular complexity index is 1380. The summed E-state index contributed by atoms with van der Waals surface area (Å²) in [6.07, 6.45) is 7.65. The molecule has 2 bridgehead atoms. The molecule has 6 rings (SSSR count). The first-order valence-corrected chi connectivity index (χ1v) is 15.0. The third kappa shape index (κ3) is 4.62. The molecule has 0 spiro atoms. The number of nitrogens with zero attached hydrogens (tertiary/aromatic N) is 4. The molecule has 7 nitrogen and oxygen atoms in total. The number of hydrogen-bond acceptors (Lipinski definition) is 4. The summed E-state index contributed by atoms with van der Waals surface area (Å²) < 4.78 is 2.49. The molecule has 3 aliphatic rings. The molecule has 7 heteroatoms. The van der Waals surface area contributed by atoms with E-state index < -0.39 is 11.4 Å². The number of aliphatic carboxylic acids is 1. The van der Waals surface area contributed by atoms with Gasteiger partial charge in [0, 0.05) is 31.2 Å². The average molecular weight is 543 g/mol. The summed E-state index contributed by atoms with van der Waals surface area (Å²) in [6, 6.07) is 21.0. The first-order valence-electron chi connectivity index (χ1n) is 15.0. The van der Waals surface area contributed by atoms with Gasteiger partial charge in [-0.15, -0.1) is 0 Å². The summed E-state index contributed by atoms with van der Waals surface area (Å²) in [6.45, 7) is 7.45. The van der Waals surface area contributed by atoms with Crippen LogP contribution in [0.15, 0.2) is 54.6 Å². The molecule has 212 valence electrons. The maximum atomic E-state index is 13.1. The number of carboxylic acids is 1. The van der Waals surface area contributed by atoms with Gasteiger partial charge in [-0.2, -0.15) is 0 Å². The predicted molar refractivity (Wildman–Crippen MR) is 156 cm³/mol. The molecule has 3 atom stereocenters.